The van der Waals surface area contributed by atoms with Crippen LogP contribution < -0.4 is 11.1 Å². The van der Waals surface area contributed by atoms with Crippen molar-refractivity contribution in [2.45, 2.75) is 30.8 Å². The molecular formula is C15H15N5O2S. The minimum atomic E-state index is -0.213. The summed E-state index contributed by atoms with van der Waals surface area (Å²) < 4.78 is 1.26. The fourth-order valence-corrected chi connectivity index (χ4v) is 2.93. The lowest BCUT2D eigenvalue weighted by Crippen LogP contribution is -2.23. The summed E-state index contributed by atoms with van der Waals surface area (Å²) in [4.78, 5) is 31.0. The highest BCUT2D eigenvalue weighted by Crippen LogP contribution is 2.13. The number of aromatic nitrogens is 5. The molecule has 0 amide bonds. The van der Waals surface area contributed by atoms with Crippen molar-refractivity contribution in [2.24, 2.45) is 0 Å². The average Bonchev–Trinajstić information content (AvgIpc) is 2.54. The minimum absolute atomic E-state index is 0.192. The molecule has 0 aliphatic heterocycles. The van der Waals surface area contributed by atoms with Crippen LogP contribution in [0.4, 0.5) is 0 Å². The van der Waals surface area contributed by atoms with Gasteiger partial charge in [0.15, 0.2) is 5.16 Å². The molecule has 0 saturated carbocycles. The van der Waals surface area contributed by atoms with Crippen molar-refractivity contribution >= 4 is 22.7 Å². The first-order valence-corrected chi connectivity index (χ1v) is 8.21. The maximum Gasteiger partial charge on any atom is 0.278 e. The lowest BCUT2D eigenvalue weighted by Gasteiger charge is -2.05. The molecule has 0 unspecified atom stereocenters. The van der Waals surface area contributed by atoms with Gasteiger partial charge in [-0.05, 0) is 18.6 Å². The van der Waals surface area contributed by atoms with Crippen LogP contribution in [0.15, 0.2) is 45.1 Å². The second kappa shape index (κ2) is 6.74. The van der Waals surface area contributed by atoms with Crippen molar-refractivity contribution in [1.29, 1.82) is 0 Å². The zero-order valence-corrected chi connectivity index (χ0v) is 13.3. The van der Waals surface area contributed by atoms with Gasteiger partial charge in [0, 0.05) is 11.8 Å². The van der Waals surface area contributed by atoms with Crippen molar-refractivity contribution < 1.29 is 0 Å². The first-order chi connectivity index (χ1) is 11.2. The molecule has 0 spiro atoms. The third-order valence-electron chi connectivity index (χ3n) is 3.23. The van der Waals surface area contributed by atoms with Crippen LogP contribution in [0.3, 0.4) is 0 Å². The van der Waals surface area contributed by atoms with E-state index in [1.165, 1.54) is 22.5 Å². The van der Waals surface area contributed by atoms with Crippen molar-refractivity contribution in [3.8, 4) is 0 Å². The van der Waals surface area contributed by atoms with Gasteiger partial charge in [0.1, 0.15) is 5.52 Å². The number of thioether (sulfide) groups is 1. The molecule has 0 aliphatic rings. The molecule has 3 rings (SSSR count). The molecule has 8 heteroatoms. The van der Waals surface area contributed by atoms with E-state index in [0.29, 0.717) is 16.1 Å². The van der Waals surface area contributed by atoms with Gasteiger partial charge < -0.3 is 4.98 Å². The number of aryl methyl sites for hydroxylation is 1. The monoisotopic (exact) mass is 329 g/mol. The summed E-state index contributed by atoms with van der Waals surface area (Å²) in [5.74, 6) is 0.231. The number of benzene rings is 1. The molecule has 0 saturated heterocycles. The summed E-state index contributed by atoms with van der Waals surface area (Å²) in [6.07, 6.45) is 1.66. The summed E-state index contributed by atoms with van der Waals surface area (Å²) >= 11 is 1.24. The number of hydrogen-bond acceptors (Lipinski definition) is 6. The van der Waals surface area contributed by atoms with Gasteiger partial charge in [0.25, 0.3) is 11.1 Å². The number of H-pyrrole nitrogens is 1. The van der Waals surface area contributed by atoms with E-state index in [9.17, 15) is 9.59 Å². The van der Waals surface area contributed by atoms with Gasteiger partial charge >= 0.3 is 0 Å². The summed E-state index contributed by atoms with van der Waals surface area (Å²) in [6, 6.07) is 8.55. The maximum absolute atomic E-state index is 12.3. The fourth-order valence-electron chi connectivity index (χ4n) is 2.17. The smallest absolute Gasteiger partial charge is 0.278 e. The van der Waals surface area contributed by atoms with Crippen molar-refractivity contribution in [1.82, 2.24) is 25.0 Å². The molecule has 7 nitrogen and oxygen atoms in total. The lowest BCUT2D eigenvalue weighted by molar-refractivity contribution is 0.643. The first kappa shape index (κ1) is 15.4. The zero-order chi connectivity index (χ0) is 16.2. The van der Waals surface area contributed by atoms with Gasteiger partial charge in [-0.25, -0.2) is 4.98 Å². The summed E-state index contributed by atoms with van der Waals surface area (Å²) in [7, 11) is 0. The third kappa shape index (κ3) is 3.48. The minimum Gasteiger partial charge on any atom is -0.301 e. The molecule has 2 aromatic heterocycles. The van der Waals surface area contributed by atoms with E-state index in [2.05, 4.69) is 20.3 Å². The summed E-state index contributed by atoms with van der Waals surface area (Å²) in [6.45, 7) is 2.03. The predicted octanol–water partition coefficient (Wildman–Crippen LogP) is 1.58. The number of aromatic amines is 1. The van der Waals surface area contributed by atoms with Gasteiger partial charge in [-0.1, -0.05) is 42.5 Å². The van der Waals surface area contributed by atoms with E-state index in [0.717, 1.165) is 18.5 Å². The van der Waals surface area contributed by atoms with E-state index in [4.69, 9.17) is 0 Å². The van der Waals surface area contributed by atoms with Crippen LogP contribution in [-0.4, -0.2) is 25.0 Å². The molecule has 0 radical (unpaired) electrons. The summed E-state index contributed by atoms with van der Waals surface area (Å²) in [5.41, 5.74) is 0.906. The first-order valence-electron chi connectivity index (χ1n) is 7.23. The topological polar surface area (TPSA) is 93.5 Å². The normalized spacial score (nSPS) is 11.0. The number of nitrogens with zero attached hydrogens (tertiary/aromatic N) is 4. The van der Waals surface area contributed by atoms with E-state index in [1.807, 2.05) is 13.0 Å². The molecule has 23 heavy (non-hydrogen) atoms. The van der Waals surface area contributed by atoms with Gasteiger partial charge in [0.2, 0.25) is 0 Å². The van der Waals surface area contributed by atoms with Gasteiger partial charge in [-0.3, -0.25) is 9.59 Å². The Kier molecular flexibility index (Phi) is 4.52. The highest BCUT2D eigenvalue weighted by Gasteiger charge is 2.07. The molecule has 0 bridgehead atoms. The SMILES string of the molecule is CCCc1cc(=O)[nH]c(SCn2nnc3ccccc3c2=O)n1. The Balaban J connectivity index is 1.85. The number of rotatable bonds is 5. The lowest BCUT2D eigenvalue weighted by atomic mass is 10.2. The van der Waals surface area contributed by atoms with E-state index >= 15 is 0 Å². The van der Waals surface area contributed by atoms with Crippen LogP contribution >= 0.6 is 11.8 Å². The molecular weight excluding hydrogens is 314 g/mol. The average molecular weight is 329 g/mol. The van der Waals surface area contributed by atoms with E-state index in [1.54, 1.807) is 18.2 Å². The quantitative estimate of drug-likeness (QED) is 0.564. The Labute approximate surface area is 135 Å². The molecule has 118 valence electrons. The number of fused-ring (bicyclic) bond motifs is 1. The largest absolute Gasteiger partial charge is 0.301 e. The molecule has 0 fully saturated rings. The van der Waals surface area contributed by atoms with E-state index in [-0.39, 0.29) is 17.0 Å². The predicted molar refractivity (Wildman–Crippen MR) is 88.5 cm³/mol. The maximum atomic E-state index is 12.3. The fraction of sp³-hybridized carbons (Fsp3) is 0.267. The van der Waals surface area contributed by atoms with Gasteiger partial charge in [-0.15, -0.1) is 5.10 Å². The molecule has 2 heterocycles. The number of nitrogens with one attached hydrogen (secondary N) is 1. The Morgan fingerprint density at radius 1 is 1.26 bits per heavy atom. The van der Waals surface area contributed by atoms with Crippen LogP contribution in [0.1, 0.15) is 19.0 Å². The molecule has 3 aromatic rings. The van der Waals surface area contributed by atoms with Crippen LogP contribution in [0.5, 0.6) is 0 Å². The Bertz CT molecular complexity index is 950. The number of hydrogen-bond donors (Lipinski definition) is 1. The Morgan fingerprint density at radius 3 is 2.91 bits per heavy atom. The second-order valence-corrected chi connectivity index (χ2v) is 5.91. The molecule has 0 atom stereocenters. The zero-order valence-electron chi connectivity index (χ0n) is 12.5. The highest BCUT2D eigenvalue weighted by molar-refractivity contribution is 7.98. The highest BCUT2D eigenvalue weighted by atomic mass is 32.2. The van der Waals surface area contributed by atoms with Gasteiger partial charge in [-0.2, -0.15) is 4.68 Å². The van der Waals surface area contributed by atoms with E-state index < -0.39 is 0 Å². The van der Waals surface area contributed by atoms with Crippen LogP contribution in [0.2, 0.25) is 0 Å². The molecule has 1 aromatic carbocycles. The Morgan fingerprint density at radius 2 is 2.09 bits per heavy atom. The Hall–Kier alpha value is -2.48. The van der Waals surface area contributed by atoms with Crippen molar-refractivity contribution in [3.05, 3.63) is 56.7 Å². The van der Waals surface area contributed by atoms with Crippen LogP contribution in [0.25, 0.3) is 10.9 Å². The second-order valence-electron chi connectivity index (χ2n) is 4.98. The van der Waals surface area contributed by atoms with Crippen molar-refractivity contribution in [2.75, 3.05) is 0 Å². The molecule has 0 aliphatic carbocycles. The summed E-state index contributed by atoms with van der Waals surface area (Å²) in [5, 5.41) is 8.94. The van der Waals surface area contributed by atoms with Crippen LogP contribution in [0, 0.1) is 0 Å². The van der Waals surface area contributed by atoms with Crippen molar-refractivity contribution in [3.63, 3.8) is 0 Å². The molecule has 1 N–H and O–H groups in total. The third-order valence-corrected chi connectivity index (χ3v) is 4.07. The van der Waals surface area contributed by atoms with Crippen LogP contribution in [-0.2, 0) is 12.3 Å². The van der Waals surface area contributed by atoms with Gasteiger partial charge in [0.05, 0.1) is 11.3 Å². The standard InChI is InChI=1S/C15H15N5O2S/c1-2-5-10-8-13(21)17-15(16-10)23-9-20-14(22)11-6-3-4-7-12(11)18-19-20/h3-4,6-8H,2,5,9H2,1H3,(H,16,17,21).